The molecule has 3 nitrogen and oxygen atoms in total. The molecule has 2 fully saturated rings. The Morgan fingerprint density at radius 1 is 1.35 bits per heavy atom. The molecule has 4 heteroatoms. The van der Waals surface area contributed by atoms with E-state index in [2.05, 4.69) is 30.7 Å². The van der Waals surface area contributed by atoms with Crippen LogP contribution < -0.4 is 0 Å². The number of amides is 1. The van der Waals surface area contributed by atoms with Crippen LogP contribution in [0.1, 0.15) is 50.4 Å². The van der Waals surface area contributed by atoms with Gasteiger partial charge in [-0.25, -0.2) is 4.98 Å². The molecule has 1 amide bonds. The summed E-state index contributed by atoms with van der Waals surface area (Å²) in [6.07, 6.45) is 5.00. The summed E-state index contributed by atoms with van der Waals surface area (Å²) in [7, 11) is 0. The molecule has 20 heavy (non-hydrogen) atoms. The quantitative estimate of drug-likeness (QED) is 0.738. The maximum atomic E-state index is 12.7. The Morgan fingerprint density at radius 3 is 2.75 bits per heavy atom. The number of likely N-dealkylation sites (tertiary alicyclic amines) is 1. The predicted molar refractivity (Wildman–Crippen MR) is 79.8 cm³/mol. The van der Waals surface area contributed by atoms with E-state index in [0.717, 1.165) is 19.4 Å². The number of carbonyl (C=O) groups is 1. The summed E-state index contributed by atoms with van der Waals surface area (Å²) in [6, 6.07) is 3.82. The van der Waals surface area contributed by atoms with E-state index in [9.17, 15) is 4.79 Å². The lowest BCUT2D eigenvalue weighted by Gasteiger charge is -2.39. The second kappa shape index (κ2) is 4.45. The summed E-state index contributed by atoms with van der Waals surface area (Å²) >= 11 is 5.79. The first-order valence-corrected chi connectivity index (χ1v) is 7.58. The predicted octanol–water partition coefficient (Wildman–Crippen LogP) is 3.78. The molecule has 0 aromatic carbocycles. The van der Waals surface area contributed by atoms with Gasteiger partial charge in [-0.2, -0.15) is 0 Å². The number of aromatic nitrogens is 1. The van der Waals surface area contributed by atoms with Crippen molar-refractivity contribution in [1.82, 2.24) is 9.88 Å². The van der Waals surface area contributed by atoms with Gasteiger partial charge in [-0.1, -0.05) is 32.4 Å². The Balaban J connectivity index is 1.85. The number of hydrogen-bond acceptors (Lipinski definition) is 2. The monoisotopic (exact) mass is 292 g/mol. The summed E-state index contributed by atoms with van der Waals surface area (Å²) in [6.45, 7) is 7.81. The summed E-state index contributed by atoms with van der Waals surface area (Å²) < 4.78 is 0. The SMILES string of the molecule is CC1(C)CC2CC(C)(CN2C(=O)c2ccc(Cl)nc2)C1. The lowest BCUT2D eigenvalue weighted by molar-refractivity contribution is 0.0708. The average molecular weight is 293 g/mol. The number of carbonyl (C=O) groups excluding carboxylic acids is 1. The molecule has 1 aliphatic carbocycles. The van der Waals surface area contributed by atoms with Crippen molar-refractivity contribution >= 4 is 17.5 Å². The van der Waals surface area contributed by atoms with Crippen LogP contribution in [-0.4, -0.2) is 28.4 Å². The Kier molecular flexibility index (Phi) is 3.09. The van der Waals surface area contributed by atoms with Crippen LogP contribution in [0.5, 0.6) is 0 Å². The third kappa shape index (κ3) is 2.44. The second-order valence-corrected chi connectivity index (χ2v) is 7.90. The molecule has 2 bridgehead atoms. The molecule has 1 aliphatic heterocycles. The molecule has 0 spiro atoms. The number of fused-ring (bicyclic) bond motifs is 2. The average Bonchev–Trinajstić information content (AvgIpc) is 2.58. The minimum Gasteiger partial charge on any atom is -0.335 e. The van der Waals surface area contributed by atoms with E-state index in [-0.39, 0.29) is 11.3 Å². The third-order valence-electron chi connectivity index (χ3n) is 4.65. The fraction of sp³-hybridized carbons (Fsp3) is 0.625. The fourth-order valence-corrected chi connectivity index (χ4v) is 4.48. The van der Waals surface area contributed by atoms with Gasteiger partial charge in [0, 0.05) is 18.8 Å². The molecule has 1 saturated heterocycles. The van der Waals surface area contributed by atoms with Crippen molar-refractivity contribution in [2.24, 2.45) is 10.8 Å². The topological polar surface area (TPSA) is 33.2 Å². The molecule has 2 aliphatic rings. The van der Waals surface area contributed by atoms with Crippen molar-refractivity contribution in [1.29, 1.82) is 0 Å². The Bertz CT molecular complexity index is 540. The first-order chi connectivity index (χ1) is 9.28. The maximum absolute atomic E-state index is 12.7. The summed E-state index contributed by atoms with van der Waals surface area (Å²) in [5, 5.41) is 0.426. The van der Waals surface area contributed by atoms with Gasteiger partial charge in [0.05, 0.1) is 5.56 Å². The van der Waals surface area contributed by atoms with Crippen molar-refractivity contribution in [3.63, 3.8) is 0 Å². The number of rotatable bonds is 1. The first-order valence-electron chi connectivity index (χ1n) is 7.21. The van der Waals surface area contributed by atoms with Crippen LogP contribution in [-0.2, 0) is 0 Å². The smallest absolute Gasteiger partial charge is 0.255 e. The third-order valence-corrected chi connectivity index (χ3v) is 4.87. The van der Waals surface area contributed by atoms with Gasteiger partial charge < -0.3 is 4.90 Å². The van der Waals surface area contributed by atoms with Crippen molar-refractivity contribution in [3.05, 3.63) is 29.0 Å². The molecule has 2 unspecified atom stereocenters. The lowest BCUT2D eigenvalue weighted by atomic mass is 9.65. The van der Waals surface area contributed by atoms with Crippen LogP contribution in [0.3, 0.4) is 0 Å². The molecule has 2 heterocycles. The van der Waals surface area contributed by atoms with Crippen molar-refractivity contribution in [2.45, 2.75) is 46.1 Å². The van der Waals surface area contributed by atoms with E-state index in [1.165, 1.54) is 6.42 Å². The zero-order valence-corrected chi connectivity index (χ0v) is 13.1. The highest BCUT2D eigenvalue weighted by atomic mass is 35.5. The summed E-state index contributed by atoms with van der Waals surface area (Å²) in [5.41, 5.74) is 1.23. The first kappa shape index (κ1) is 13.9. The molecular formula is C16H21ClN2O. The molecule has 1 saturated carbocycles. The minimum absolute atomic E-state index is 0.0978. The second-order valence-electron chi connectivity index (χ2n) is 7.52. The minimum atomic E-state index is 0.0978. The zero-order valence-electron chi connectivity index (χ0n) is 12.3. The van der Waals surface area contributed by atoms with E-state index in [1.807, 2.05) is 0 Å². The van der Waals surface area contributed by atoms with E-state index in [1.54, 1.807) is 18.3 Å². The van der Waals surface area contributed by atoms with Crippen LogP contribution >= 0.6 is 11.6 Å². The maximum Gasteiger partial charge on any atom is 0.255 e. The van der Waals surface area contributed by atoms with Gasteiger partial charge >= 0.3 is 0 Å². The van der Waals surface area contributed by atoms with Gasteiger partial charge in [-0.15, -0.1) is 0 Å². The highest BCUT2D eigenvalue weighted by Gasteiger charge is 2.50. The van der Waals surface area contributed by atoms with E-state index >= 15 is 0 Å². The van der Waals surface area contributed by atoms with Crippen molar-refractivity contribution in [3.8, 4) is 0 Å². The van der Waals surface area contributed by atoms with Gasteiger partial charge in [0.1, 0.15) is 5.15 Å². The van der Waals surface area contributed by atoms with Crippen LogP contribution in [0.4, 0.5) is 0 Å². The van der Waals surface area contributed by atoms with Crippen LogP contribution in [0.15, 0.2) is 18.3 Å². The number of halogens is 1. The van der Waals surface area contributed by atoms with Gasteiger partial charge in [0.25, 0.3) is 5.91 Å². The van der Waals surface area contributed by atoms with Gasteiger partial charge in [0.2, 0.25) is 0 Å². The Morgan fingerprint density at radius 2 is 2.10 bits per heavy atom. The van der Waals surface area contributed by atoms with E-state index in [4.69, 9.17) is 11.6 Å². The fourth-order valence-electron chi connectivity index (χ4n) is 4.37. The van der Waals surface area contributed by atoms with Crippen LogP contribution in [0.25, 0.3) is 0 Å². The Labute approximate surface area is 125 Å². The number of nitrogens with zero attached hydrogens (tertiary/aromatic N) is 2. The van der Waals surface area contributed by atoms with E-state index < -0.39 is 0 Å². The molecule has 108 valence electrons. The molecule has 3 rings (SSSR count). The lowest BCUT2D eigenvalue weighted by Crippen LogP contribution is -2.37. The summed E-state index contributed by atoms with van der Waals surface area (Å²) in [5.74, 6) is 0.0978. The van der Waals surface area contributed by atoms with Gasteiger partial charge in [0.15, 0.2) is 0 Å². The number of hydrogen-bond donors (Lipinski definition) is 0. The molecule has 0 radical (unpaired) electrons. The van der Waals surface area contributed by atoms with Crippen molar-refractivity contribution < 1.29 is 4.79 Å². The van der Waals surface area contributed by atoms with Crippen LogP contribution in [0.2, 0.25) is 5.15 Å². The van der Waals surface area contributed by atoms with Gasteiger partial charge in [-0.3, -0.25) is 4.79 Å². The van der Waals surface area contributed by atoms with Crippen molar-refractivity contribution in [2.75, 3.05) is 6.54 Å². The largest absolute Gasteiger partial charge is 0.335 e. The highest BCUT2D eigenvalue weighted by molar-refractivity contribution is 6.29. The zero-order chi connectivity index (χ0) is 14.5. The van der Waals surface area contributed by atoms with Crippen LogP contribution in [0, 0.1) is 10.8 Å². The normalized spacial score (nSPS) is 31.4. The molecule has 1 aromatic rings. The summed E-state index contributed by atoms with van der Waals surface area (Å²) in [4.78, 5) is 18.8. The van der Waals surface area contributed by atoms with E-state index in [0.29, 0.717) is 22.2 Å². The number of pyridine rings is 1. The Hall–Kier alpha value is -1.09. The standard InChI is InChI=1S/C16H21ClN2O/c1-15(2)6-12-7-16(3,9-15)10-19(12)14(20)11-4-5-13(17)18-8-11/h4-5,8,12H,6-7,9-10H2,1-3H3. The molecule has 2 atom stereocenters. The molecular weight excluding hydrogens is 272 g/mol. The van der Waals surface area contributed by atoms with Gasteiger partial charge in [-0.05, 0) is 42.2 Å². The molecule has 0 N–H and O–H groups in total. The molecule has 1 aromatic heterocycles. The highest BCUT2D eigenvalue weighted by Crippen LogP contribution is 2.52.